The van der Waals surface area contributed by atoms with Crippen LogP contribution < -0.4 is 4.72 Å². The van der Waals surface area contributed by atoms with Crippen LogP contribution >= 0.6 is 11.8 Å². The number of nitrogens with one attached hydrogen (secondary N) is 1. The van der Waals surface area contributed by atoms with E-state index in [1.54, 1.807) is 0 Å². The van der Waals surface area contributed by atoms with Gasteiger partial charge in [0.25, 0.3) is 10.0 Å². The Kier molecular flexibility index (Phi) is 4.81. The average molecular weight is 304 g/mol. The van der Waals surface area contributed by atoms with E-state index in [9.17, 15) is 12.8 Å². The number of hydrogen-bond donors (Lipinski definition) is 1. The van der Waals surface area contributed by atoms with Crippen LogP contribution in [0.4, 0.5) is 4.39 Å². The van der Waals surface area contributed by atoms with Gasteiger partial charge in [0, 0.05) is 17.5 Å². The lowest BCUT2D eigenvalue weighted by molar-refractivity contribution is 0.418. The molecule has 4 nitrogen and oxygen atoms in total. The summed E-state index contributed by atoms with van der Waals surface area (Å²) in [5, 5.41) is 0.0920. The lowest BCUT2D eigenvalue weighted by atomic mass is 9.96. The predicted octanol–water partition coefficient (Wildman–Crippen LogP) is 2.17. The zero-order chi connectivity index (χ0) is 13.9. The first-order chi connectivity index (χ1) is 9.03. The summed E-state index contributed by atoms with van der Waals surface area (Å²) in [6.07, 6.45) is 6.90. The Labute approximate surface area is 117 Å². The number of aromatic nitrogens is 1. The monoisotopic (exact) mass is 304 g/mol. The van der Waals surface area contributed by atoms with Crippen molar-refractivity contribution in [1.82, 2.24) is 9.71 Å². The van der Waals surface area contributed by atoms with Crippen LogP contribution in [-0.2, 0) is 10.0 Å². The molecule has 0 aliphatic heterocycles. The Morgan fingerprint density at radius 1 is 1.37 bits per heavy atom. The molecule has 0 spiro atoms. The molecule has 1 fully saturated rings. The van der Waals surface area contributed by atoms with Gasteiger partial charge < -0.3 is 0 Å². The Bertz CT molecular complexity index is 528. The molecule has 19 heavy (non-hydrogen) atoms. The van der Waals surface area contributed by atoms with Gasteiger partial charge in [-0.1, -0.05) is 0 Å². The first kappa shape index (κ1) is 14.7. The van der Waals surface area contributed by atoms with Crippen molar-refractivity contribution in [2.45, 2.75) is 42.0 Å². The number of halogens is 1. The van der Waals surface area contributed by atoms with E-state index >= 15 is 0 Å². The van der Waals surface area contributed by atoms with Crippen LogP contribution in [-0.4, -0.2) is 30.9 Å². The summed E-state index contributed by atoms with van der Waals surface area (Å²) in [5.74, 6) is -0.812. The highest BCUT2D eigenvalue weighted by Crippen LogP contribution is 2.27. The fourth-order valence-electron chi connectivity index (χ4n) is 2.26. The van der Waals surface area contributed by atoms with Crippen LogP contribution in [0, 0.1) is 5.82 Å². The maximum atomic E-state index is 13.5. The Morgan fingerprint density at radius 2 is 2.05 bits per heavy atom. The van der Waals surface area contributed by atoms with E-state index in [-0.39, 0.29) is 6.04 Å². The molecular formula is C12H17FN2O2S2. The molecule has 2 rings (SSSR count). The molecule has 0 amide bonds. The Balaban J connectivity index is 2.05. The quantitative estimate of drug-likeness (QED) is 0.926. The van der Waals surface area contributed by atoms with Crippen molar-refractivity contribution in [1.29, 1.82) is 0 Å². The summed E-state index contributed by atoms with van der Waals surface area (Å²) in [6.45, 7) is 0. The number of nitrogens with zero attached hydrogens (tertiary/aromatic N) is 1. The lowest BCUT2D eigenvalue weighted by Crippen LogP contribution is -2.38. The van der Waals surface area contributed by atoms with E-state index in [1.165, 1.54) is 12.3 Å². The highest BCUT2D eigenvalue weighted by molar-refractivity contribution is 7.99. The van der Waals surface area contributed by atoms with Crippen molar-refractivity contribution in [2.75, 3.05) is 6.26 Å². The minimum atomic E-state index is -3.86. The summed E-state index contributed by atoms with van der Waals surface area (Å²) in [7, 11) is -3.86. The molecule has 106 valence electrons. The molecule has 1 aliphatic carbocycles. The molecular weight excluding hydrogens is 287 g/mol. The van der Waals surface area contributed by atoms with Gasteiger partial charge in [-0.2, -0.15) is 11.8 Å². The second-order valence-electron chi connectivity index (χ2n) is 4.62. The first-order valence-electron chi connectivity index (χ1n) is 6.18. The normalized spacial score (nSPS) is 24.3. The van der Waals surface area contributed by atoms with Crippen molar-refractivity contribution < 1.29 is 12.8 Å². The van der Waals surface area contributed by atoms with Gasteiger partial charge in [-0.25, -0.2) is 22.5 Å². The molecule has 1 aliphatic rings. The largest absolute Gasteiger partial charge is 0.261 e. The standard InChI is InChI=1S/C12H17FN2O2S2/c1-18-10-6-4-9(5-7-10)15-19(16,17)12-11(13)3-2-8-14-12/h2-3,8-10,15H,4-7H2,1H3. The summed E-state index contributed by atoms with van der Waals surface area (Å²) in [4.78, 5) is 3.62. The van der Waals surface area contributed by atoms with E-state index in [0.717, 1.165) is 31.7 Å². The summed E-state index contributed by atoms with van der Waals surface area (Å²) in [6, 6.07) is 2.36. The van der Waals surface area contributed by atoms with E-state index < -0.39 is 20.9 Å². The Hall–Kier alpha value is -0.660. The molecule has 0 atom stereocenters. The molecule has 7 heteroatoms. The minimum absolute atomic E-state index is 0.116. The third kappa shape index (κ3) is 3.67. The molecule has 1 saturated carbocycles. The van der Waals surface area contributed by atoms with Gasteiger partial charge in [-0.15, -0.1) is 0 Å². The molecule has 0 radical (unpaired) electrons. The smallest absolute Gasteiger partial charge is 0.241 e. The molecule has 0 aromatic carbocycles. The van der Waals surface area contributed by atoms with Gasteiger partial charge in [0.15, 0.2) is 5.82 Å². The third-order valence-electron chi connectivity index (χ3n) is 3.31. The zero-order valence-corrected chi connectivity index (χ0v) is 12.3. The molecule has 0 saturated heterocycles. The number of sulfonamides is 1. The predicted molar refractivity (Wildman–Crippen MR) is 74.1 cm³/mol. The number of hydrogen-bond acceptors (Lipinski definition) is 4. The van der Waals surface area contributed by atoms with Crippen LogP contribution in [0.1, 0.15) is 25.7 Å². The van der Waals surface area contributed by atoms with Crippen LogP contribution in [0.5, 0.6) is 0 Å². The lowest BCUT2D eigenvalue weighted by Gasteiger charge is -2.27. The SMILES string of the molecule is CSC1CCC(NS(=O)(=O)c2ncccc2F)CC1. The zero-order valence-electron chi connectivity index (χ0n) is 10.7. The van der Waals surface area contributed by atoms with Crippen molar-refractivity contribution in [3.05, 3.63) is 24.1 Å². The highest BCUT2D eigenvalue weighted by Gasteiger charge is 2.27. The summed E-state index contributed by atoms with van der Waals surface area (Å²) in [5.41, 5.74) is 0. The first-order valence-corrected chi connectivity index (χ1v) is 8.95. The molecule has 1 N–H and O–H groups in total. The minimum Gasteiger partial charge on any atom is -0.241 e. The van der Waals surface area contributed by atoms with Crippen LogP contribution in [0.2, 0.25) is 0 Å². The topological polar surface area (TPSA) is 59.1 Å². The fourth-order valence-corrected chi connectivity index (χ4v) is 4.31. The highest BCUT2D eigenvalue weighted by atomic mass is 32.2. The van der Waals surface area contributed by atoms with E-state index in [0.29, 0.717) is 5.25 Å². The van der Waals surface area contributed by atoms with Gasteiger partial charge in [-0.05, 0) is 44.1 Å². The van der Waals surface area contributed by atoms with Crippen molar-refractivity contribution in [2.24, 2.45) is 0 Å². The molecule has 1 heterocycles. The van der Waals surface area contributed by atoms with Gasteiger partial charge in [0.1, 0.15) is 0 Å². The fraction of sp³-hybridized carbons (Fsp3) is 0.583. The van der Waals surface area contributed by atoms with Crippen LogP contribution in [0.15, 0.2) is 23.4 Å². The molecule has 1 aromatic heterocycles. The van der Waals surface area contributed by atoms with Crippen molar-refractivity contribution >= 4 is 21.8 Å². The van der Waals surface area contributed by atoms with E-state index in [2.05, 4.69) is 16.0 Å². The molecule has 0 unspecified atom stereocenters. The van der Waals surface area contributed by atoms with Gasteiger partial charge >= 0.3 is 0 Å². The van der Waals surface area contributed by atoms with E-state index in [1.807, 2.05) is 11.8 Å². The average Bonchev–Trinajstić information content (AvgIpc) is 2.39. The summed E-state index contributed by atoms with van der Waals surface area (Å²) < 4.78 is 40.1. The van der Waals surface area contributed by atoms with Gasteiger partial charge in [0.2, 0.25) is 5.03 Å². The number of rotatable bonds is 4. The molecule has 0 bridgehead atoms. The molecule has 1 aromatic rings. The van der Waals surface area contributed by atoms with Crippen LogP contribution in [0.3, 0.4) is 0 Å². The summed E-state index contributed by atoms with van der Waals surface area (Å²) >= 11 is 1.82. The second-order valence-corrected chi connectivity index (χ2v) is 7.39. The maximum Gasteiger partial charge on any atom is 0.261 e. The number of pyridine rings is 1. The van der Waals surface area contributed by atoms with Gasteiger partial charge in [0.05, 0.1) is 0 Å². The van der Waals surface area contributed by atoms with Gasteiger partial charge in [-0.3, -0.25) is 0 Å². The third-order valence-corrected chi connectivity index (χ3v) is 5.90. The second kappa shape index (κ2) is 6.19. The number of thioether (sulfide) groups is 1. The van der Waals surface area contributed by atoms with Crippen LogP contribution in [0.25, 0.3) is 0 Å². The Morgan fingerprint density at radius 3 is 2.63 bits per heavy atom. The maximum absolute atomic E-state index is 13.5. The van der Waals surface area contributed by atoms with Crippen molar-refractivity contribution in [3.8, 4) is 0 Å². The van der Waals surface area contributed by atoms with Crippen molar-refractivity contribution in [3.63, 3.8) is 0 Å². The van der Waals surface area contributed by atoms with E-state index in [4.69, 9.17) is 0 Å².